The van der Waals surface area contributed by atoms with Crippen LogP contribution < -0.4 is 5.32 Å². The van der Waals surface area contributed by atoms with E-state index in [0.717, 1.165) is 26.1 Å². The van der Waals surface area contributed by atoms with Crippen LogP contribution in [-0.4, -0.2) is 10.9 Å². The Morgan fingerprint density at radius 2 is 1.86 bits per heavy atom. The van der Waals surface area contributed by atoms with Crippen LogP contribution in [-0.2, 0) is 12.2 Å². The van der Waals surface area contributed by atoms with Gasteiger partial charge in [-0.2, -0.15) is 0 Å². The van der Waals surface area contributed by atoms with Crippen molar-refractivity contribution in [2.45, 2.75) is 17.1 Å². The van der Waals surface area contributed by atoms with Crippen molar-refractivity contribution in [1.82, 2.24) is 4.98 Å². The van der Waals surface area contributed by atoms with Crippen molar-refractivity contribution < 1.29 is 9.21 Å². The molecule has 4 rings (SSSR count). The first-order valence-electron chi connectivity index (χ1n) is 8.93. The normalized spacial score (nSPS) is 10.8. The number of carbonyl (C=O) groups is 1. The number of hydrogen-bond donors (Lipinski definition) is 1. The van der Waals surface area contributed by atoms with Gasteiger partial charge in [0.25, 0.3) is 5.91 Å². The maximum absolute atomic E-state index is 12.5. The Balaban J connectivity index is 1.34. The number of halogens is 1. The summed E-state index contributed by atoms with van der Waals surface area (Å²) in [7, 11) is 0. The van der Waals surface area contributed by atoms with Crippen molar-refractivity contribution >= 4 is 45.7 Å². The Hall–Kier alpha value is -2.54. The quantitative estimate of drug-likeness (QED) is 0.332. The Kier molecular flexibility index (Phi) is 6.34. The lowest BCUT2D eigenvalue weighted by Gasteiger charge is -2.01. The molecule has 29 heavy (non-hydrogen) atoms. The van der Waals surface area contributed by atoms with Gasteiger partial charge in [0.15, 0.2) is 10.9 Å². The molecule has 1 N–H and O–H groups in total. The standard InChI is InChI=1S/C22H17ClN2O2S2/c23-19-9-5-4-6-15(19)12-18-13-24-22(29-18)25-21(26)20-11-10-16(27-20)14-28-17-7-2-1-3-8-17/h1-11,13H,12,14H2,(H,24,25,26). The van der Waals surface area contributed by atoms with E-state index in [0.29, 0.717) is 17.3 Å². The highest BCUT2D eigenvalue weighted by Gasteiger charge is 2.14. The van der Waals surface area contributed by atoms with Crippen LogP contribution in [0.15, 0.2) is 82.2 Å². The number of nitrogens with one attached hydrogen (secondary N) is 1. The number of hydrogen-bond acceptors (Lipinski definition) is 5. The third kappa shape index (κ3) is 5.29. The molecule has 0 aliphatic rings. The number of carbonyl (C=O) groups excluding carboxylic acids is 1. The lowest BCUT2D eigenvalue weighted by molar-refractivity contribution is 0.0995. The van der Waals surface area contributed by atoms with Crippen LogP contribution in [0.3, 0.4) is 0 Å². The first-order valence-corrected chi connectivity index (χ1v) is 11.1. The van der Waals surface area contributed by atoms with Crippen molar-refractivity contribution in [3.8, 4) is 0 Å². The van der Waals surface area contributed by atoms with Gasteiger partial charge in [-0.05, 0) is 35.9 Å². The zero-order chi connectivity index (χ0) is 20.1. The minimum Gasteiger partial charge on any atom is -0.455 e. The smallest absolute Gasteiger partial charge is 0.293 e. The number of aromatic nitrogens is 1. The maximum Gasteiger partial charge on any atom is 0.293 e. The monoisotopic (exact) mass is 440 g/mol. The van der Waals surface area contributed by atoms with E-state index in [9.17, 15) is 4.79 Å². The predicted octanol–water partition coefficient (Wildman–Crippen LogP) is 6.52. The molecule has 2 aromatic carbocycles. The summed E-state index contributed by atoms with van der Waals surface area (Å²) >= 11 is 9.30. The molecule has 0 aliphatic carbocycles. The molecule has 7 heteroatoms. The van der Waals surface area contributed by atoms with Gasteiger partial charge in [0.05, 0.1) is 5.75 Å². The Labute approximate surface area is 181 Å². The average Bonchev–Trinajstić information content (AvgIpc) is 3.39. The molecule has 0 bridgehead atoms. The molecular formula is C22H17ClN2O2S2. The summed E-state index contributed by atoms with van der Waals surface area (Å²) < 4.78 is 5.68. The number of nitrogens with zero attached hydrogens (tertiary/aromatic N) is 1. The SMILES string of the molecule is O=C(Nc1ncc(Cc2ccccc2Cl)s1)c1ccc(CSc2ccccc2)o1. The summed E-state index contributed by atoms with van der Waals surface area (Å²) in [5, 5.41) is 4.06. The lowest BCUT2D eigenvalue weighted by atomic mass is 10.1. The Bertz CT molecular complexity index is 1110. The molecular weight excluding hydrogens is 424 g/mol. The molecule has 0 unspecified atom stereocenters. The lowest BCUT2D eigenvalue weighted by Crippen LogP contribution is -2.10. The highest BCUT2D eigenvalue weighted by molar-refractivity contribution is 7.98. The highest BCUT2D eigenvalue weighted by atomic mass is 35.5. The van der Waals surface area contributed by atoms with Crippen LogP contribution in [0, 0.1) is 0 Å². The number of thioether (sulfide) groups is 1. The third-order valence-electron chi connectivity index (χ3n) is 4.11. The summed E-state index contributed by atoms with van der Waals surface area (Å²) in [4.78, 5) is 18.9. The van der Waals surface area contributed by atoms with E-state index in [4.69, 9.17) is 16.0 Å². The summed E-state index contributed by atoms with van der Waals surface area (Å²) in [6.07, 6.45) is 2.43. The molecule has 4 aromatic rings. The van der Waals surface area contributed by atoms with Crippen LogP contribution in [0.2, 0.25) is 5.02 Å². The molecule has 0 saturated heterocycles. The molecule has 4 nitrogen and oxygen atoms in total. The van der Waals surface area contributed by atoms with Gasteiger partial charge >= 0.3 is 0 Å². The predicted molar refractivity (Wildman–Crippen MR) is 119 cm³/mol. The number of furan rings is 1. The first-order chi connectivity index (χ1) is 14.2. The second-order valence-corrected chi connectivity index (χ2v) is 8.79. The first kappa shape index (κ1) is 19.8. The summed E-state index contributed by atoms with van der Waals surface area (Å²) in [5.74, 6) is 1.38. The summed E-state index contributed by atoms with van der Waals surface area (Å²) in [5.41, 5.74) is 1.03. The van der Waals surface area contributed by atoms with Gasteiger partial charge in [0.1, 0.15) is 5.76 Å². The largest absolute Gasteiger partial charge is 0.455 e. The second kappa shape index (κ2) is 9.31. The third-order valence-corrected chi connectivity index (χ3v) is 6.42. The molecule has 1 amide bonds. The molecule has 0 spiro atoms. The average molecular weight is 441 g/mol. The number of benzene rings is 2. The van der Waals surface area contributed by atoms with Gasteiger partial charge in [-0.3, -0.25) is 10.1 Å². The molecule has 0 radical (unpaired) electrons. The van der Waals surface area contributed by atoms with E-state index in [1.807, 2.05) is 60.7 Å². The summed E-state index contributed by atoms with van der Waals surface area (Å²) in [6.45, 7) is 0. The van der Waals surface area contributed by atoms with Crippen molar-refractivity contribution in [2.24, 2.45) is 0 Å². The van der Waals surface area contributed by atoms with Crippen LogP contribution in [0.25, 0.3) is 0 Å². The Morgan fingerprint density at radius 1 is 1.07 bits per heavy atom. The summed E-state index contributed by atoms with van der Waals surface area (Å²) in [6, 6.07) is 21.3. The van der Waals surface area contributed by atoms with Crippen molar-refractivity contribution in [3.05, 3.63) is 99.9 Å². The molecule has 0 fully saturated rings. The number of rotatable bonds is 7. The van der Waals surface area contributed by atoms with Gasteiger partial charge in [0, 0.05) is 27.4 Å². The topological polar surface area (TPSA) is 55.1 Å². The van der Waals surface area contributed by atoms with Crippen LogP contribution >= 0.6 is 34.7 Å². The molecule has 2 aromatic heterocycles. The van der Waals surface area contributed by atoms with Crippen molar-refractivity contribution in [2.75, 3.05) is 5.32 Å². The van der Waals surface area contributed by atoms with Crippen LogP contribution in [0.5, 0.6) is 0 Å². The minimum absolute atomic E-state index is 0.275. The van der Waals surface area contributed by atoms with E-state index >= 15 is 0 Å². The fraction of sp³-hybridized carbons (Fsp3) is 0.0909. The molecule has 2 heterocycles. The number of amides is 1. The van der Waals surface area contributed by atoms with E-state index in [1.165, 1.54) is 11.3 Å². The second-order valence-electron chi connectivity index (χ2n) is 6.22. The van der Waals surface area contributed by atoms with Gasteiger partial charge in [-0.1, -0.05) is 48.0 Å². The highest BCUT2D eigenvalue weighted by Crippen LogP contribution is 2.26. The van der Waals surface area contributed by atoms with E-state index in [1.54, 1.807) is 24.0 Å². The van der Waals surface area contributed by atoms with Gasteiger partial charge in [0.2, 0.25) is 0 Å². The molecule has 0 aliphatic heterocycles. The van der Waals surface area contributed by atoms with E-state index in [-0.39, 0.29) is 11.7 Å². The zero-order valence-corrected chi connectivity index (χ0v) is 17.7. The van der Waals surface area contributed by atoms with Crippen molar-refractivity contribution in [3.63, 3.8) is 0 Å². The number of thiazole rings is 1. The van der Waals surface area contributed by atoms with E-state index in [2.05, 4.69) is 10.3 Å². The molecule has 146 valence electrons. The number of anilines is 1. The van der Waals surface area contributed by atoms with Crippen LogP contribution in [0.1, 0.15) is 26.8 Å². The molecule has 0 saturated carbocycles. The maximum atomic E-state index is 12.5. The van der Waals surface area contributed by atoms with Gasteiger partial charge < -0.3 is 4.42 Å². The zero-order valence-electron chi connectivity index (χ0n) is 15.3. The van der Waals surface area contributed by atoms with Crippen molar-refractivity contribution in [1.29, 1.82) is 0 Å². The van der Waals surface area contributed by atoms with E-state index < -0.39 is 0 Å². The molecule has 0 atom stereocenters. The van der Waals surface area contributed by atoms with Gasteiger partial charge in [-0.15, -0.1) is 23.1 Å². The van der Waals surface area contributed by atoms with Gasteiger partial charge in [-0.25, -0.2) is 4.98 Å². The Morgan fingerprint density at radius 3 is 2.69 bits per heavy atom. The fourth-order valence-electron chi connectivity index (χ4n) is 2.68. The minimum atomic E-state index is -0.306. The fourth-order valence-corrected chi connectivity index (χ4v) is 4.53. The van der Waals surface area contributed by atoms with Crippen LogP contribution in [0.4, 0.5) is 5.13 Å².